The zero-order valence-electron chi connectivity index (χ0n) is 14.1. The number of rotatable bonds is 7. The van der Waals surface area contributed by atoms with Gasteiger partial charge in [0.1, 0.15) is 23.1 Å². The molecule has 134 valence electrons. The van der Waals surface area contributed by atoms with Gasteiger partial charge in [0.05, 0.1) is 12.1 Å². The number of ether oxygens (including phenoxy) is 1. The summed E-state index contributed by atoms with van der Waals surface area (Å²) in [5.74, 6) is 0.172. The van der Waals surface area contributed by atoms with E-state index >= 15 is 0 Å². The van der Waals surface area contributed by atoms with Gasteiger partial charge < -0.3 is 20.5 Å². The predicted molar refractivity (Wildman–Crippen MR) is 100 cm³/mol. The van der Waals surface area contributed by atoms with Crippen LogP contribution in [0.25, 0.3) is 0 Å². The molecule has 0 aliphatic carbocycles. The molecular formula is C19H18ClN3O3. The van der Waals surface area contributed by atoms with E-state index in [1.54, 1.807) is 30.3 Å². The third-order valence-corrected chi connectivity index (χ3v) is 3.81. The van der Waals surface area contributed by atoms with Crippen LogP contribution in [0.1, 0.15) is 5.56 Å². The summed E-state index contributed by atoms with van der Waals surface area (Å²) < 4.78 is 5.05. The van der Waals surface area contributed by atoms with Crippen molar-refractivity contribution in [2.45, 2.75) is 6.42 Å². The van der Waals surface area contributed by atoms with Gasteiger partial charge >= 0.3 is 0 Å². The Balaban J connectivity index is 1.91. The van der Waals surface area contributed by atoms with Crippen molar-refractivity contribution in [1.82, 2.24) is 5.32 Å². The number of methoxy groups -OCH3 is 1. The average molecular weight is 372 g/mol. The first-order valence-electron chi connectivity index (χ1n) is 7.80. The van der Waals surface area contributed by atoms with Gasteiger partial charge in [0.25, 0.3) is 5.91 Å². The van der Waals surface area contributed by atoms with Crippen molar-refractivity contribution < 1.29 is 14.6 Å². The Kier molecular flexibility index (Phi) is 6.89. The smallest absolute Gasteiger partial charge is 0.267 e. The Hall–Kier alpha value is -3.17. The quantitative estimate of drug-likeness (QED) is 0.394. The summed E-state index contributed by atoms with van der Waals surface area (Å²) in [5, 5.41) is 24.3. The van der Waals surface area contributed by atoms with Crippen LogP contribution >= 0.6 is 11.6 Å². The lowest BCUT2D eigenvalue weighted by atomic mass is 10.1. The van der Waals surface area contributed by atoms with Crippen LogP contribution in [0.3, 0.4) is 0 Å². The fourth-order valence-corrected chi connectivity index (χ4v) is 2.40. The third kappa shape index (κ3) is 5.43. The summed E-state index contributed by atoms with van der Waals surface area (Å²) >= 11 is 6.01. The minimum absolute atomic E-state index is 0.0531. The van der Waals surface area contributed by atoms with E-state index in [4.69, 9.17) is 21.6 Å². The van der Waals surface area contributed by atoms with Crippen molar-refractivity contribution in [3.63, 3.8) is 0 Å². The van der Waals surface area contributed by atoms with Gasteiger partial charge in [0.15, 0.2) is 0 Å². The lowest BCUT2D eigenvalue weighted by Crippen LogP contribution is -2.18. The number of halogens is 1. The van der Waals surface area contributed by atoms with Crippen molar-refractivity contribution in [2.75, 3.05) is 19.0 Å². The van der Waals surface area contributed by atoms with E-state index in [9.17, 15) is 9.90 Å². The molecule has 2 aromatic carbocycles. The van der Waals surface area contributed by atoms with E-state index in [-0.39, 0.29) is 11.3 Å². The minimum atomic E-state index is -0.536. The van der Waals surface area contributed by atoms with E-state index in [1.165, 1.54) is 13.3 Å². The standard InChI is InChI=1S/C19H18ClN3O3/c1-26-18-7-4-15(10-17(18)20)23-19(25)14(11-21)12-22-9-8-13-2-5-16(24)6-3-13/h2-7,10,12,22,24H,8-9H2,1H3,(H,23,25)/b14-12-. The van der Waals surface area contributed by atoms with Gasteiger partial charge in [0, 0.05) is 18.4 Å². The number of hydrogen-bond acceptors (Lipinski definition) is 5. The zero-order chi connectivity index (χ0) is 18.9. The zero-order valence-corrected chi connectivity index (χ0v) is 14.9. The number of hydrogen-bond donors (Lipinski definition) is 3. The first-order chi connectivity index (χ1) is 12.5. The van der Waals surface area contributed by atoms with Gasteiger partial charge in [-0.25, -0.2) is 0 Å². The highest BCUT2D eigenvalue weighted by atomic mass is 35.5. The third-order valence-electron chi connectivity index (χ3n) is 3.52. The molecule has 0 aromatic heterocycles. The molecule has 7 heteroatoms. The van der Waals surface area contributed by atoms with Gasteiger partial charge in [-0.2, -0.15) is 5.26 Å². The van der Waals surface area contributed by atoms with Gasteiger partial charge in [0.2, 0.25) is 0 Å². The summed E-state index contributed by atoms with van der Waals surface area (Å²) in [5.41, 5.74) is 1.44. The molecule has 0 bridgehead atoms. The van der Waals surface area contributed by atoms with Crippen molar-refractivity contribution in [3.05, 3.63) is 64.8 Å². The number of phenolic OH excluding ortho intramolecular Hbond substituents is 1. The molecule has 0 atom stereocenters. The largest absolute Gasteiger partial charge is 0.508 e. The molecule has 0 fully saturated rings. The molecule has 3 N–H and O–H groups in total. The lowest BCUT2D eigenvalue weighted by Gasteiger charge is -2.08. The van der Waals surface area contributed by atoms with E-state index < -0.39 is 5.91 Å². The van der Waals surface area contributed by atoms with E-state index in [0.717, 1.165) is 5.56 Å². The number of carbonyl (C=O) groups excluding carboxylic acids is 1. The molecule has 6 nitrogen and oxygen atoms in total. The molecule has 2 rings (SSSR count). The fraction of sp³-hybridized carbons (Fsp3) is 0.158. The van der Waals surface area contributed by atoms with Crippen LogP contribution in [0.2, 0.25) is 5.02 Å². The maximum atomic E-state index is 12.2. The molecule has 0 aliphatic rings. The van der Waals surface area contributed by atoms with Crippen molar-refractivity contribution in [3.8, 4) is 17.6 Å². The van der Waals surface area contributed by atoms with Crippen molar-refractivity contribution in [2.24, 2.45) is 0 Å². The van der Waals surface area contributed by atoms with Crippen LogP contribution in [0.5, 0.6) is 11.5 Å². The number of carbonyl (C=O) groups is 1. The number of nitrogens with zero attached hydrogens (tertiary/aromatic N) is 1. The van der Waals surface area contributed by atoms with Crippen LogP contribution in [0, 0.1) is 11.3 Å². The first-order valence-corrected chi connectivity index (χ1v) is 8.17. The molecule has 0 saturated carbocycles. The average Bonchev–Trinajstić information content (AvgIpc) is 2.63. The number of benzene rings is 2. The molecular weight excluding hydrogens is 354 g/mol. The summed E-state index contributed by atoms with van der Waals surface area (Å²) in [6.45, 7) is 0.539. The molecule has 1 amide bonds. The number of anilines is 1. The van der Waals surface area contributed by atoms with Crippen molar-refractivity contribution >= 4 is 23.2 Å². The molecule has 26 heavy (non-hydrogen) atoms. The van der Waals surface area contributed by atoms with Crippen LogP contribution in [0.15, 0.2) is 54.2 Å². The highest BCUT2D eigenvalue weighted by Crippen LogP contribution is 2.27. The van der Waals surface area contributed by atoms with E-state index in [0.29, 0.717) is 29.4 Å². The molecule has 0 aliphatic heterocycles. The van der Waals surface area contributed by atoms with Gasteiger partial charge in [-0.15, -0.1) is 0 Å². The van der Waals surface area contributed by atoms with Crippen molar-refractivity contribution in [1.29, 1.82) is 5.26 Å². The molecule has 0 radical (unpaired) electrons. The Morgan fingerprint density at radius 1 is 1.31 bits per heavy atom. The first kappa shape index (κ1) is 19.2. The van der Waals surface area contributed by atoms with Crippen LogP contribution in [-0.4, -0.2) is 24.7 Å². The molecule has 2 aromatic rings. The monoisotopic (exact) mass is 371 g/mol. The maximum absolute atomic E-state index is 12.2. The highest BCUT2D eigenvalue weighted by molar-refractivity contribution is 6.32. The summed E-state index contributed by atoms with van der Waals surface area (Å²) in [6, 6.07) is 13.5. The van der Waals surface area contributed by atoms with Gasteiger partial charge in [-0.3, -0.25) is 4.79 Å². The molecule has 0 saturated heterocycles. The highest BCUT2D eigenvalue weighted by Gasteiger charge is 2.10. The van der Waals surface area contributed by atoms with Crippen LogP contribution in [0.4, 0.5) is 5.69 Å². The fourth-order valence-electron chi connectivity index (χ4n) is 2.14. The molecule has 0 heterocycles. The summed E-state index contributed by atoms with van der Waals surface area (Å²) in [6.07, 6.45) is 2.06. The number of nitrogens with one attached hydrogen (secondary N) is 2. The normalized spacial score (nSPS) is 10.7. The minimum Gasteiger partial charge on any atom is -0.508 e. The van der Waals surface area contributed by atoms with Gasteiger partial charge in [-0.1, -0.05) is 23.7 Å². The second-order valence-corrected chi connectivity index (χ2v) is 5.75. The second-order valence-electron chi connectivity index (χ2n) is 5.34. The van der Waals surface area contributed by atoms with E-state index in [2.05, 4.69) is 10.6 Å². The molecule has 0 unspecified atom stereocenters. The van der Waals surface area contributed by atoms with Crippen LogP contribution < -0.4 is 15.4 Å². The maximum Gasteiger partial charge on any atom is 0.267 e. The summed E-state index contributed by atoms with van der Waals surface area (Å²) in [4.78, 5) is 12.2. The van der Waals surface area contributed by atoms with Crippen LogP contribution in [-0.2, 0) is 11.2 Å². The van der Waals surface area contributed by atoms with Gasteiger partial charge in [-0.05, 0) is 42.3 Å². The Bertz CT molecular complexity index is 842. The summed E-state index contributed by atoms with van der Waals surface area (Å²) in [7, 11) is 1.50. The predicted octanol–water partition coefficient (Wildman–Crippen LogP) is 3.23. The number of amides is 1. The Morgan fingerprint density at radius 2 is 2.04 bits per heavy atom. The topological polar surface area (TPSA) is 94.4 Å². The number of nitriles is 1. The number of phenols is 1. The SMILES string of the molecule is COc1ccc(NC(=O)/C(C#N)=C\NCCc2ccc(O)cc2)cc1Cl. The Labute approximate surface area is 156 Å². The van der Waals surface area contributed by atoms with E-state index in [1.807, 2.05) is 18.2 Å². The lowest BCUT2D eigenvalue weighted by molar-refractivity contribution is -0.112. The number of aromatic hydroxyl groups is 1. The molecule has 0 spiro atoms. The Morgan fingerprint density at radius 3 is 2.65 bits per heavy atom. The second kappa shape index (κ2) is 9.35.